The predicted octanol–water partition coefficient (Wildman–Crippen LogP) is 2.40. The third-order valence-electron chi connectivity index (χ3n) is 6.22. The number of benzene rings is 1. The third-order valence-corrected chi connectivity index (χ3v) is 6.22. The highest BCUT2D eigenvalue weighted by atomic mass is 16.5. The molecule has 2 N–H and O–H groups in total. The molecule has 4 unspecified atom stereocenters. The first kappa shape index (κ1) is 12.9. The Bertz CT molecular complexity index is 614. The van der Waals surface area contributed by atoms with Crippen molar-refractivity contribution in [2.75, 3.05) is 18.5 Å². The Morgan fingerprint density at radius 2 is 2.05 bits per heavy atom. The normalized spacial score (nSPS) is 37.7. The molecule has 116 valence electrons. The summed E-state index contributed by atoms with van der Waals surface area (Å²) in [6, 6.07) is 6.00. The topological polar surface area (TPSA) is 50.4 Å². The van der Waals surface area contributed by atoms with E-state index in [9.17, 15) is 4.79 Å². The van der Waals surface area contributed by atoms with E-state index in [1.54, 1.807) is 0 Å². The molecule has 5 rings (SSSR count). The Labute approximate surface area is 130 Å². The zero-order valence-corrected chi connectivity index (χ0v) is 12.7. The fraction of sp³-hybridized carbons (Fsp3) is 0.611. The van der Waals surface area contributed by atoms with Gasteiger partial charge in [0, 0.05) is 30.3 Å². The SMILES string of the molecule is O=C(Nc1ccc2c(c1)CNCCO2)C1C2C3CCC(C3)C12. The second-order valence-corrected chi connectivity index (χ2v) is 7.35. The molecule has 3 fully saturated rings. The van der Waals surface area contributed by atoms with Gasteiger partial charge in [0.2, 0.25) is 5.91 Å². The van der Waals surface area contributed by atoms with Crippen molar-refractivity contribution in [3.05, 3.63) is 23.8 Å². The lowest BCUT2D eigenvalue weighted by atomic mass is 10.0. The Kier molecular flexibility index (Phi) is 2.78. The summed E-state index contributed by atoms with van der Waals surface area (Å²) >= 11 is 0. The molecule has 1 aromatic rings. The van der Waals surface area contributed by atoms with Gasteiger partial charge in [-0.05, 0) is 61.1 Å². The number of carbonyl (C=O) groups excluding carboxylic acids is 1. The number of carbonyl (C=O) groups is 1. The largest absolute Gasteiger partial charge is 0.492 e. The number of fused-ring (bicyclic) bond motifs is 6. The quantitative estimate of drug-likeness (QED) is 0.881. The van der Waals surface area contributed by atoms with Gasteiger partial charge in [0.05, 0.1) is 0 Å². The first-order valence-corrected chi connectivity index (χ1v) is 8.58. The second kappa shape index (κ2) is 4.72. The van der Waals surface area contributed by atoms with E-state index < -0.39 is 0 Å². The Morgan fingerprint density at radius 3 is 2.86 bits per heavy atom. The number of nitrogens with one attached hydrogen (secondary N) is 2. The standard InChI is InChI=1S/C18H22N2O2/c21-18(17-15-10-1-2-11(7-10)16(15)17)20-13-3-4-14-12(8-13)9-19-5-6-22-14/h3-4,8,10-11,15-17,19H,1-2,5-7,9H2,(H,20,21). The molecular weight excluding hydrogens is 276 g/mol. The van der Waals surface area contributed by atoms with E-state index in [1.807, 2.05) is 12.1 Å². The third kappa shape index (κ3) is 1.89. The van der Waals surface area contributed by atoms with Crippen LogP contribution in [0, 0.1) is 29.6 Å². The van der Waals surface area contributed by atoms with E-state index >= 15 is 0 Å². The van der Waals surface area contributed by atoms with Crippen LogP contribution < -0.4 is 15.4 Å². The molecule has 22 heavy (non-hydrogen) atoms. The summed E-state index contributed by atoms with van der Waals surface area (Å²) in [5, 5.41) is 6.48. The highest BCUT2D eigenvalue weighted by molar-refractivity contribution is 5.95. The average Bonchev–Trinajstić information content (AvgIpc) is 3.08. The van der Waals surface area contributed by atoms with Gasteiger partial charge < -0.3 is 15.4 Å². The average molecular weight is 298 g/mol. The van der Waals surface area contributed by atoms with Gasteiger partial charge in [0.25, 0.3) is 0 Å². The molecule has 0 aromatic heterocycles. The molecule has 0 spiro atoms. The molecule has 4 nitrogen and oxygen atoms in total. The summed E-state index contributed by atoms with van der Waals surface area (Å²) in [6.07, 6.45) is 4.11. The van der Waals surface area contributed by atoms with Crippen molar-refractivity contribution in [1.29, 1.82) is 0 Å². The first-order valence-electron chi connectivity index (χ1n) is 8.58. The van der Waals surface area contributed by atoms with Crippen LogP contribution in [0.3, 0.4) is 0 Å². The van der Waals surface area contributed by atoms with Crippen LogP contribution in [-0.4, -0.2) is 19.1 Å². The smallest absolute Gasteiger partial charge is 0.228 e. The van der Waals surface area contributed by atoms with Crippen molar-refractivity contribution < 1.29 is 9.53 Å². The van der Waals surface area contributed by atoms with E-state index in [4.69, 9.17) is 4.74 Å². The van der Waals surface area contributed by atoms with Crippen molar-refractivity contribution in [3.8, 4) is 5.75 Å². The van der Waals surface area contributed by atoms with Gasteiger partial charge in [0.15, 0.2) is 0 Å². The molecule has 1 heterocycles. The Hall–Kier alpha value is -1.55. The van der Waals surface area contributed by atoms with Crippen molar-refractivity contribution in [1.82, 2.24) is 5.32 Å². The van der Waals surface area contributed by atoms with E-state index in [2.05, 4.69) is 16.7 Å². The molecule has 4 heteroatoms. The van der Waals surface area contributed by atoms with Crippen molar-refractivity contribution >= 4 is 11.6 Å². The van der Waals surface area contributed by atoms with E-state index in [-0.39, 0.29) is 5.91 Å². The van der Waals surface area contributed by atoms with Gasteiger partial charge in [-0.3, -0.25) is 4.79 Å². The van der Waals surface area contributed by atoms with Crippen LogP contribution in [0.25, 0.3) is 0 Å². The maximum absolute atomic E-state index is 12.6. The summed E-state index contributed by atoms with van der Waals surface area (Å²) in [5.41, 5.74) is 2.04. The molecule has 4 aliphatic rings. The lowest BCUT2D eigenvalue weighted by Gasteiger charge is -2.12. The predicted molar refractivity (Wildman–Crippen MR) is 83.6 cm³/mol. The van der Waals surface area contributed by atoms with Crippen LogP contribution >= 0.6 is 0 Å². The van der Waals surface area contributed by atoms with E-state index in [0.717, 1.165) is 41.9 Å². The highest BCUT2D eigenvalue weighted by Gasteiger charge is 2.67. The Morgan fingerprint density at radius 1 is 1.23 bits per heavy atom. The number of hydrogen-bond donors (Lipinski definition) is 2. The number of hydrogen-bond acceptors (Lipinski definition) is 3. The number of ether oxygens (including phenoxy) is 1. The second-order valence-electron chi connectivity index (χ2n) is 7.35. The van der Waals surface area contributed by atoms with Crippen LogP contribution in [0.2, 0.25) is 0 Å². The first-order chi connectivity index (χ1) is 10.8. The van der Waals surface area contributed by atoms with Crippen LogP contribution in [0.15, 0.2) is 18.2 Å². The minimum atomic E-state index is 0.244. The van der Waals surface area contributed by atoms with Gasteiger partial charge in [-0.25, -0.2) is 0 Å². The molecule has 4 atom stereocenters. The van der Waals surface area contributed by atoms with Gasteiger partial charge in [-0.2, -0.15) is 0 Å². The fourth-order valence-electron chi connectivity index (χ4n) is 5.29. The van der Waals surface area contributed by atoms with Crippen molar-refractivity contribution in [2.45, 2.75) is 25.8 Å². The minimum absolute atomic E-state index is 0.244. The maximum Gasteiger partial charge on any atom is 0.228 e. The molecular formula is C18H22N2O2. The number of rotatable bonds is 2. The van der Waals surface area contributed by atoms with Crippen LogP contribution in [0.4, 0.5) is 5.69 Å². The minimum Gasteiger partial charge on any atom is -0.492 e. The van der Waals surface area contributed by atoms with Crippen LogP contribution in [-0.2, 0) is 11.3 Å². The van der Waals surface area contributed by atoms with Crippen LogP contribution in [0.1, 0.15) is 24.8 Å². The number of anilines is 1. The molecule has 1 aliphatic heterocycles. The molecule has 1 amide bonds. The summed E-state index contributed by atoms with van der Waals surface area (Å²) in [6.45, 7) is 2.37. The summed E-state index contributed by atoms with van der Waals surface area (Å²) in [7, 11) is 0. The van der Waals surface area contributed by atoms with E-state index in [0.29, 0.717) is 24.4 Å². The molecule has 0 saturated heterocycles. The summed E-state index contributed by atoms with van der Waals surface area (Å²) in [5.74, 6) is 4.55. The summed E-state index contributed by atoms with van der Waals surface area (Å²) in [4.78, 5) is 12.6. The van der Waals surface area contributed by atoms with Gasteiger partial charge in [-0.15, -0.1) is 0 Å². The molecule has 0 radical (unpaired) electrons. The van der Waals surface area contributed by atoms with Gasteiger partial charge >= 0.3 is 0 Å². The van der Waals surface area contributed by atoms with Gasteiger partial charge in [-0.1, -0.05) is 0 Å². The van der Waals surface area contributed by atoms with Crippen molar-refractivity contribution in [2.24, 2.45) is 29.6 Å². The van der Waals surface area contributed by atoms with Crippen LogP contribution in [0.5, 0.6) is 5.75 Å². The van der Waals surface area contributed by atoms with E-state index in [1.165, 1.54) is 19.3 Å². The lowest BCUT2D eigenvalue weighted by Crippen LogP contribution is -2.19. The molecule has 3 saturated carbocycles. The maximum atomic E-state index is 12.6. The van der Waals surface area contributed by atoms with Crippen molar-refractivity contribution in [3.63, 3.8) is 0 Å². The number of amides is 1. The molecule has 1 aromatic carbocycles. The fourth-order valence-corrected chi connectivity index (χ4v) is 5.29. The monoisotopic (exact) mass is 298 g/mol. The van der Waals surface area contributed by atoms with Gasteiger partial charge in [0.1, 0.15) is 12.4 Å². The zero-order valence-electron chi connectivity index (χ0n) is 12.7. The highest BCUT2D eigenvalue weighted by Crippen LogP contribution is 2.69. The lowest BCUT2D eigenvalue weighted by molar-refractivity contribution is -0.118. The molecule has 3 aliphatic carbocycles. The Balaban J connectivity index is 1.30. The zero-order chi connectivity index (χ0) is 14.7. The molecule has 2 bridgehead atoms. The summed E-state index contributed by atoms with van der Waals surface area (Å²) < 4.78 is 5.69.